The van der Waals surface area contributed by atoms with E-state index < -0.39 is 0 Å². The van der Waals surface area contributed by atoms with Gasteiger partial charge in [0.2, 0.25) is 0 Å². The van der Waals surface area contributed by atoms with E-state index in [9.17, 15) is 0 Å². The normalized spacial score (nSPS) is 22.8. The van der Waals surface area contributed by atoms with Gasteiger partial charge < -0.3 is 10.1 Å². The van der Waals surface area contributed by atoms with Crippen LogP contribution in [0.2, 0.25) is 0 Å². The van der Waals surface area contributed by atoms with Crippen molar-refractivity contribution < 1.29 is 4.74 Å². The van der Waals surface area contributed by atoms with Crippen LogP contribution < -0.4 is 10.1 Å². The summed E-state index contributed by atoms with van der Waals surface area (Å²) in [4.78, 5) is 2.65. The van der Waals surface area contributed by atoms with Gasteiger partial charge in [-0.2, -0.15) is 0 Å². The molecule has 0 spiro atoms. The van der Waals surface area contributed by atoms with Crippen molar-refractivity contribution in [1.29, 1.82) is 0 Å². The van der Waals surface area contributed by atoms with Crippen molar-refractivity contribution in [2.45, 2.75) is 25.3 Å². The van der Waals surface area contributed by atoms with Crippen LogP contribution in [0.25, 0.3) is 0 Å². The van der Waals surface area contributed by atoms with E-state index in [0.29, 0.717) is 6.04 Å². The van der Waals surface area contributed by atoms with Crippen LogP contribution in [0.4, 0.5) is 0 Å². The molecule has 1 saturated carbocycles. The number of hydrogen-bond acceptors (Lipinski definition) is 3. The minimum absolute atomic E-state index is 0.548. The van der Waals surface area contributed by atoms with Crippen LogP contribution in [-0.2, 0) is 0 Å². The van der Waals surface area contributed by atoms with Gasteiger partial charge in [-0.05, 0) is 24.8 Å². The van der Waals surface area contributed by atoms with E-state index in [4.69, 9.17) is 4.74 Å². The highest BCUT2D eigenvalue weighted by Crippen LogP contribution is 2.44. The maximum atomic E-state index is 5.59. The fourth-order valence-electron chi connectivity index (χ4n) is 3.38. The molecule has 1 atom stereocenters. The molecule has 3 nitrogen and oxygen atoms in total. The molecule has 2 aliphatic rings. The van der Waals surface area contributed by atoms with Gasteiger partial charge in [-0.1, -0.05) is 24.6 Å². The summed E-state index contributed by atoms with van der Waals surface area (Å²) in [5.41, 5.74) is 1.39. The third kappa shape index (κ3) is 2.63. The largest absolute Gasteiger partial charge is 0.496 e. The summed E-state index contributed by atoms with van der Waals surface area (Å²) in [7, 11) is 1.79. The van der Waals surface area contributed by atoms with Crippen LogP contribution in [0.5, 0.6) is 5.75 Å². The first-order valence-electron chi connectivity index (χ1n) is 7.48. The van der Waals surface area contributed by atoms with E-state index in [0.717, 1.165) is 37.8 Å². The van der Waals surface area contributed by atoms with Gasteiger partial charge >= 0.3 is 0 Å². The Kier molecular flexibility index (Phi) is 4.04. The van der Waals surface area contributed by atoms with Crippen LogP contribution in [0.1, 0.15) is 30.9 Å². The highest BCUT2D eigenvalue weighted by atomic mass is 16.5. The molecule has 0 bridgehead atoms. The van der Waals surface area contributed by atoms with Crippen LogP contribution in [0.15, 0.2) is 24.3 Å². The van der Waals surface area contributed by atoms with Gasteiger partial charge in [-0.15, -0.1) is 0 Å². The SMILES string of the molecule is COc1ccccc1[C@@H](C1CCC1)N1CCNCC1. The molecule has 2 fully saturated rings. The fraction of sp³-hybridized carbons (Fsp3) is 0.625. The molecule has 0 radical (unpaired) electrons. The van der Waals surface area contributed by atoms with Crippen LogP contribution in [0.3, 0.4) is 0 Å². The maximum Gasteiger partial charge on any atom is 0.123 e. The van der Waals surface area contributed by atoms with E-state index in [1.54, 1.807) is 7.11 Å². The van der Waals surface area contributed by atoms with Gasteiger partial charge in [-0.3, -0.25) is 4.90 Å². The number of benzene rings is 1. The molecule has 3 heteroatoms. The van der Waals surface area contributed by atoms with Crippen LogP contribution >= 0.6 is 0 Å². The third-order valence-electron chi connectivity index (χ3n) is 4.60. The standard InChI is InChI=1S/C16H24N2O/c1-19-15-8-3-2-7-14(15)16(13-5-4-6-13)18-11-9-17-10-12-18/h2-3,7-8,13,16-17H,4-6,9-12H2,1H3/t16-/m1/s1. The van der Waals surface area contributed by atoms with E-state index in [1.165, 1.54) is 24.8 Å². The molecule has 1 aliphatic carbocycles. The van der Waals surface area contributed by atoms with Crippen molar-refractivity contribution in [1.82, 2.24) is 10.2 Å². The molecule has 19 heavy (non-hydrogen) atoms. The molecule has 1 aliphatic heterocycles. The molecular formula is C16H24N2O. The van der Waals surface area contributed by atoms with E-state index in [-0.39, 0.29) is 0 Å². The number of rotatable bonds is 4. The first kappa shape index (κ1) is 12.9. The number of ether oxygens (including phenoxy) is 1. The lowest BCUT2D eigenvalue weighted by atomic mass is 9.76. The molecule has 1 saturated heterocycles. The Balaban J connectivity index is 1.88. The second kappa shape index (κ2) is 5.93. The van der Waals surface area contributed by atoms with E-state index in [2.05, 4.69) is 34.5 Å². The average Bonchev–Trinajstić information content (AvgIpc) is 2.43. The Bertz CT molecular complexity index is 411. The molecule has 1 aromatic rings. The summed E-state index contributed by atoms with van der Waals surface area (Å²) in [5, 5.41) is 3.45. The molecule has 104 valence electrons. The molecule has 0 aromatic heterocycles. The smallest absolute Gasteiger partial charge is 0.123 e. The third-order valence-corrected chi connectivity index (χ3v) is 4.60. The first-order valence-corrected chi connectivity index (χ1v) is 7.48. The molecule has 1 heterocycles. The van der Waals surface area contributed by atoms with Gasteiger partial charge in [0.25, 0.3) is 0 Å². The minimum Gasteiger partial charge on any atom is -0.496 e. The molecular weight excluding hydrogens is 236 g/mol. The Hall–Kier alpha value is -1.06. The van der Waals surface area contributed by atoms with Crippen molar-refractivity contribution in [2.24, 2.45) is 5.92 Å². The fourth-order valence-corrected chi connectivity index (χ4v) is 3.38. The summed E-state index contributed by atoms with van der Waals surface area (Å²) >= 11 is 0. The highest BCUT2D eigenvalue weighted by molar-refractivity contribution is 5.36. The number of nitrogens with one attached hydrogen (secondary N) is 1. The second-order valence-corrected chi connectivity index (χ2v) is 5.66. The van der Waals surface area contributed by atoms with Crippen molar-refractivity contribution in [3.63, 3.8) is 0 Å². The predicted octanol–water partition coefficient (Wildman–Crippen LogP) is 2.44. The van der Waals surface area contributed by atoms with Gasteiger partial charge in [0.15, 0.2) is 0 Å². The van der Waals surface area contributed by atoms with Crippen molar-refractivity contribution in [2.75, 3.05) is 33.3 Å². The van der Waals surface area contributed by atoms with Gasteiger partial charge in [0.05, 0.1) is 7.11 Å². The zero-order chi connectivity index (χ0) is 13.1. The number of para-hydroxylation sites is 1. The van der Waals surface area contributed by atoms with Gasteiger partial charge in [-0.25, -0.2) is 0 Å². The molecule has 3 rings (SSSR count). The lowest BCUT2D eigenvalue weighted by Crippen LogP contribution is -2.47. The van der Waals surface area contributed by atoms with Crippen molar-refractivity contribution >= 4 is 0 Å². The topological polar surface area (TPSA) is 24.5 Å². The summed E-state index contributed by atoms with van der Waals surface area (Å²) in [6, 6.07) is 9.11. The van der Waals surface area contributed by atoms with Crippen LogP contribution in [0, 0.1) is 5.92 Å². The highest BCUT2D eigenvalue weighted by Gasteiger charge is 2.34. The summed E-state index contributed by atoms with van der Waals surface area (Å²) < 4.78 is 5.59. The van der Waals surface area contributed by atoms with Crippen molar-refractivity contribution in [3.8, 4) is 5.75 Å². The second-order valence-electron chi connectivity index (χ2n) is 5.66. The van der Waals surface area contributed by atoms with Crippen molar-refractivity contribution in [3.05, 3.63) is 29.8 Å². The summed E-state index contributed by atoms with van der Waals surface area (Å²) in [5.74, 6) is 1.87. The molecule has 0 amide bonds. The Labute approximate surface area is 115 Å². The monoisotopic (exact) mass is 260 g/mol. The van der Waals surface area contributed by atoms with Gasteiger partial charge in [0, 0.05) is 37.8 Å². The predicted molar refractivity (Wildman–Crippen MR) is 77.5 cm³/mol. The Morgan fingerprint density at radius 2 is 1.95 bits per heavy atom. The minimum atomic E-state index is 0.548. The molecule has 1 N–H and O–H groups in total. The summed E-state index contributed by atoms with van der Waals surface area (Å²) in [6.07, 6.45) is 4.13. The van der Waals surface area contributed by atoms with Crippen LogP contribution in [-0.4, -0.2) is 38.2 Å². The maximum absolute atomic E-state index is 5.59. The Morgan fingerprint density at radius 3 is 2.58 bits per heavy atom. The Morgan fingerprint density at radius 1 is 1.21 bits per heavy atom. The lowest BCUT2D eigenvalue weighted by Gasteiger charge is -2.43. The quantitative estimate of drug-likeness (QED) is 0.900. The summed E-state index contributed by atoms with van der Waals surface area (Å²) in [6.45, 7) is 4.52. The average molecular weight is 260 g/mol. The molecule has 0 unspecified atom stereocenters. The number of nitrogens with zero attached hydrogens (tertiary/aromatic N) is 1. The number of methoxy groups -OCH3 is 1. The van der Waals surface area contributed by atoms with E-state index >= 15 is 0 Å². The zero-order valence-corrected chi connectivity index (χ0v) is 11.8. The number of piperazine rings is 1. The molecule has 1 aromatic carbocycles. The first-order chi connectivity index (χ1) is 9.40. The zero-order valence-electron chi connectivity index (χ0n) is 11.8. The number of hydrogen-bond donors (Lipinski definition) is 1. The van der Waals surface area contributed by atoms with Gasteiger partial charge in [0.1, 0.15) is 5.75 Å². The van der Waals surface area contributed by atoms with E-state index in [1.807, 2.05) is 0 Å². The lowest BCUT2D eigenvalue weighted by molar-refractivity contribution is 0.0818.